The number of hydrogen-bond acceptors (Lipinski definition) is 4. The van der Waals surface area contributed by atoms with E-state index in [1.807, 2.05) is 6.07 Å². The Labute approximate surface area is 158 Å². The van der Waals surface area contributed by atoms with Crippen LogP contribution in [0.2, 0.25) is 0 Å². The number of hydrogen-bond donors (Lipinski definition) is 1. The van der Waals surface area contributed by atoms with E-state index in [1.54, 1.807) is 7.11 Å². The van der Waals surface area contributed by atoms with E-state index < -0.39 is 0 Å². The van der Waals surface area contributed by atoms with Gasteiger partial charge in [-0.05, 0) is 23.8 Å². The van der Waals surface area contributed by atoms with Crippen LogP contribution in [0.3, 0.4) is 0 Å². The van der Waals surface area contributed by atoms with E-state index in [1.165, 1.54) is 16.5 Å². The molecule has 6 heteroatoms. The van der Waals surface area contributed by atoms with Crippen LogP contribution in [0.25, 0.3) is 10.9 Å². The number of ether oxygens (including phenoxy) is 1. The molecule has 0 aliphatic carbocycles. The molecule has 0 saturated carbocycles. The van der Waals surface area contributed by atoms with Crippen LogP contribution in [-0.2, 0) is 26.6 Å². The van der Waals surface area contributed by atoms with Crippen molar-refractivity contribution in [1.29, 1.82) is 0 Å². The van der Waals surface area contributed by atoms with Crippen LogP contribution >= 0.6 is 0 Å². The molecule has 6 nitrogen and oxygen atoms in total. The minimum absolute atomic E-state index is 0.00740. The Bertz CT molecular complexity index is 1050. The maximum absolute atomic E-state index is 12.5. The minimum Gasteiger partial charge on any atom is -0.497 e. The SMILES string of the molecule is COc1ccc2c(c1)c(CN1CCc3nc(C(C)C)[nH]c(=O)c3C1)cn2C. The fourth-order valence-electron chi connectivity index (χ4n) is 3.86. The number of fused-ring (bicyclic) bond motifs is 2. The van der Waals surface area contributed by atoms with Crippen molar-refractivity contribution in [1.82, 2.24) is 19.4 Å². The van der Waals surface area contributed by atoms with E-state index in [2.05, 4.69) is 58.7 Å². The Balaban J connectivity index is 1.62. The molecule has 0 atom stereocenters. The summed E-state index contributed by atoms with van der Waals surface area (Å²) < 4.78 is 7.54. The highest BCUT2D eigenvalue weighted by atomic mass is 16.5. The van der Waals surface area contributed by atoms with Gasteiger partial charge in [-0.15, -0.1) is 0 Å². The molecule has 27 heavy (non-hydrogen) atoms. The van der Waals surface area contributed by atoms with Crippen LogP contribution in [0, 0.1) is 0 Å². The molecule has 0 radical (unpaired) electrons. The first-order chi connectivity index (χ1) is 13.0. The summed E-state index contributed by atoms with van der Waals surface area (Å²) in [5.74, 6) is 1.88. The van der Waals surface area contributed by atoms with Gasteiger partial charge in [0.05, 0.1) is 18.4 Å². The monoisotopic (exact) mass is 366 g/mol. The maximum Gasteiger partial charge on any atom is 0.255 e. The summed E-state index contributed by atoms with van der Waals surface area (Å²) in [7, 11) is 3.75. The van der Waals surface area contributed by atoms with Crippen molar-refractivity contribution >= 4 is 10.9 Å². The van der Waals surface area contributed by atoms with Crippen LogP contribution < -0.4 is 10.3 Å². The van der Waals surface area contributed by atoms with Gasteiger partial charge < -0.3 is 14.3 Å². The van der Waals surface area contributed by atoms with Crippen molar-refractivity contribution in [2.45, 2.75) is 39.3 Å². The molecule has 3 aromatic rings. The zero-order valence-electron chi connectivity index (χ0n) is 16.4. The van der Waals surface area contributed by atoms with Gasteiger partial charge in [0.1, 0.15) is 11.6 Å². The highest BCUT2D eigenvalue weighted by Gasteiger charge is 2.22. The van der Waals surface area contributed by atoms with Crippen molar-refractivity contribution in [2.75, 3.05) is 13.7 Å². The molecule has 0 bridgehead atoms. The van der Waals surface area contributed by atoms with Crippen molar-refractivity contribution < 1.29 is 4.74 Å². The molecule has 1 aromatic carbocycles. The highest BCUT2D eigenvalue weighted by Crippen LogP contribution is 2.27. The van der Waals surface area contributed by atoms with Gasteiger partial charge in [-0.3, -0.25) is 9.69 Å². The number of nitrogens with zero attached hydrogens (tertiary/aromatic N) is 3. The number of aromatic amines is 1. The molecular formula is C21H26N4O2. The van der Waals surface area contributed by atoms with Crippen molar-refractivity contribution in [3.05, 3.63) is 57.4 Å². The molecule has 3 heterocycles. The van der Waals surface area contributed by atoms with Gasteiger partial charge in [-0.1, -0.05) is 13.8 Å². The van der Waals surface area contributed by atoms with Gasteiger partial charge in [0.15, 0.2) is 0 Å². The van der Waals surface area contributed by atoms with E-state index in [-0.39, 0.29) is 11.5 Å². The average Bonchev–Trinajstić information content (AvgIpc) is 2.97. The quantitative estimate of drug-likeness (QED) is 0.771. The fraction of sp³-hybridized carbons (Fsp3) is 0.429. The number of benzene rings is 1. The summed E-state index contributed by atoms with van der Waals surface area (Å²) in [6.45, 7) is 6.44. The number of rotatable bonds is 4. The number of aryl methyl sites for hydroxylation is 1. The number of nitrogens with one attached hydrogen (secondary N) is 1. The molecule has 2 aromatic heterocycles. The van der Waals surface area contributed by atoms with Crippen molar-refractivity contribution in [3.63, 3.8) is 0 Å². The Morgan fingerprint density at radius 1 is 1.33 bits per heavy atom. The summed E-state index contributed by atoms with van der Waals surface area (Å²) in [5.41, 5.74) is 4.21. The van der Waals surface area contributed by atoms with Crippen LogP contribution in [0.4, 0.5) is 0 Å². The lowest BCUT2D eigenvalue weighted by Gasteiger charge is -2.27. The highest BCUT2D eigenvalue weighted by molar-refractivity contribution is 5.85. The lowest BCUT2D eigenvalue weighted by Crippen LogP contribution is -2.35. The third-order valence-corrected chi connectivity index (χ3v) is 5.39. The fourth-order valence-corrected chi connectivity index (χ4v) is 3.86. The molecule has 0 spiro atoms. The molecule has 0 unspecified atom stereocenters. The van der Waals surface area contributed by atoms with Crippen LogP contribution in [0.5, 0.6) is 5.75 Å². The first-order valence-electron chi connectivity index (χ1n) is 9.42. The molecule has 4 rings (SSSR count). The summed E-state index contributed by atoms with van der Waals surface area (Å²) in [6, 6.07) is 6.16. The normalized spacial score (nSPS) is 14.7. The number of H-pyrrole nitrogens is 1. The topological polar surface area (TPSA) is 63.1 Å². The molecule has 0 saturated heterocycles. The largest absolute Gasteiger partial charge is 0.497 e. The first-order valence-corrected chi connectivity index (χ1v) is 9.42. The molecule has 1 N–H and O–H groups in total. The molecule has 1 aliphatic rings. The summed E-state index contributed by atoms with van der Waals surface area (Å²) >= 11 is 0. The van der Waals surface area contributed by atoms with E-state index >= 15 is 0 Å². The zero-order valence-corrected chi connectivity index (χ0v) is 16.4. The van der Waals surface area contributed by atoms with Crippen LogP contribution in [0.15, 0.2) is 29.2 Å². The number of aromatic nitrogens is 3. The van der Waals surface area contributed by atoms with E-state index in [4.69, 9.17) is 4.74 Å². The second-order valence-electron chi connectivity index (χ2n) is 7.64. The lowest BCUT2D eigenvalue weighted by atomic mass is 10.0. The maximum atomic E-state index is 12.5. The van der Waals surface area contributed by atoms with Gasteiger partial charge in [0.2, 0.25) is 0 Å². The van der Waals surface area contributed by atoms with E-state index in [0.717, 1.165) is 42.3 Å². The van der Waals surface area contributed by atoms with Gasteiger partial charge >= 0.3 is 0 Å². The van der Waals surface area contributed by atoms with Crippen LogP contribution in [0.1, 0.15) is 42.4 Å². The molecule has 0 fully saturated rings. The van der Waals surface area contributed by atoms with E-state index in [0.29, 0.717) is 6.54 Å². The Hall–Kier alpha value is -2.60. The molecule has 0 amide bonds. The Morgan fingerprint density at radius 2 is 2.15 bits per heavy atom. The van der Waals surface area contributed by atoms with Gasteiger partial charge in [0.25, 0.3) is 5.56 Å². The molecular weight excluding hydrogens is 340 g/mol. The lowest BCUT2D eigenvalue weighted by molar-refractivity contribution is 0.242. The predicted molar refractivity (Wildman–Crippen MR) is 106 cm³/mol. The van der Waals surface area contributed by atoms with Gasteiger partial charge in [-0.25, -0.2) is 4.98 Å². The molecule has 142 valence electrons. The first kappa shape index (κ1) is 17.8. The summed E-state index contributed by atoms with van der Waals surface area (Å²) in [5, 5.41) is 1.20. The average molecular weight is 366 g/mol. The smallest absolute Gasteiger partial charge is 0.255 e. The Morgan fingerprint density at radius 3 is 2.89 bits per heavy atom. The Kier molecular flexibility index (Phi) is 4.52. The molecule has 1 aliphatic heterocycles. The van der Waals surface area contributed by atoms with Crippen molar-refractivity contribution in [2.24, 2.45) is 7.05 Å². The minimum atomic E-state index is 0.00740. The van der Waals surface area contributed by atoms with Gasteiger partial charge in [0, 0.05) is 56.1 Å². The third-order valence-electron chi connectivity index (χ3n) is 5.39. The summed E-state index contributed by atoms with van der Waals surface area (Å²) in [6.07, 6.45) is 2.98. The van der Waals surface area contributed by atoms with Crippen LogP contribution in [-0.4, -0.2) is 33.1 Å². The summed E-state index contributed by atoms with van der Waals surface area (Å²) in [4.78, 5) is 22.5. The standard InChI is InChI=1S/C21H26N4O2/c1-13(2)20-22-18-7-8-25(12-17(18)21(26)23-20)11-14-10-24(3)19-6-5-15(27-4)9-16(14)19/h5-6,9-10,13H,7-8,11-12H2,1-4H3,(H,22,23,26). The van der Waals surface area contributed by atoms with Gasteiger partial charge in [-0.2, -0.15) is 0 Å². The van der Waals surface area contributed by atoms with E-state index in [9.17, 15) is 4.79 Å². The second kappa shape index (κ2) is 6.85. The third kappa shape index (κ3) is 3.25. The predicted octanol–water partition coefficient (Wildman–Crippen LogP) is 2.95. The van der Waals surface area contributed by atoms with Crippen molar-refractivity contribution in [3.8, 4) is 5.75 Å². The number of methoxy groups -OCH3 is 1. The zero-order chi connectivity index (χ0) is 19.1. The second-order valence-corrected chi connectivity index (χ2v) is 7.64.